The maximum absolute atomic E-state index is 5.78. The minimum Gasteiger partial charge on any atom is -0.471 e. The first-order chi connectivity index (χ1) is 12.1. The maximum Gasteiger partial charge on any atom is 0.259 e. The molecule has 3 rings (SSSR count). The third kappa shape index (κ3) is 4.42. The second-order valence-electron chi connectivity index (χ2n) is 6.67. The van der Waals surface area contributed by atoms with Gasteiger partial charge in [-0.3, -0.25) is 0 Å². The van der Waals surface area contributed by atoms with E-state index >= 15 is 0 Å². The fourth-order valence-corrected chi connectivity index (χ4v) is 3.73. The summed E-state index contributed by atoms with van der Waals surface area (Å²) in [6.07, 6.45) is 5.07. The zero-order valence-corrected chi connectivity index (χ0v) is 17.1. The Morgan fingerprint density at radius 3 is 2.88 bits per heavy atom. The summed E-state index contributed by atoms with van der Waals surface area (Å²) in [5.41, 5.74) is 2.15. The van der Waals surface area contributed by atoms with Crippen LogP contribution >= 0.6 is 28.1 Å². The minimum atomic E-state index is 0.160. The molecule has 4 nitrogen and oxygen atoms in total. The number of nitrogens with one attached hydrogen (secondary N) is 1. The summed E-state index contributed by atoms with van der Waals surface area (Å²) in [6.45, 7) is 6.01. The molecule has 1 aliphatic rings. The average molecular weight is 422 g/mol. The first kappa shape index (κ1) is 18.4. The molecule has 0 spiro atoms. The highest BCUT2D eigenvalue weighted by molar-refractivity contribution is 9.10. The number of hydrogen-bond donors (Lipinski definition) is 1. The lowest BCUT2D eigenvalue weighted by molar-refractivity contribution is 0.227. The number of ether oxygens (including phenoxy) is 1. The summed E-state index contributed by atoms with van der Waals surface area (Å²) in [4.78, 5) is 10.3. The van der Waals surface area contributed by atoms with E-state index in [2.05, 4.69) is 56.8 Å². The molecule has 1 aromatic heterocycles. The van der Waals surface area contributed by atoms with Crippen LogP contribution in [0, 0.1) is 5.92 Å². The van der Waals surface area contributed by atoms with Gasteiger partial charge >= 0.3 is 0 Å². The molecule has 0 amide bonds. The quantitative estimate of drug-likeness (QED) is 0.523. The summed E-state index contributed by atoms with van der Waals surface area (Å²) in [6, 6.07) is 8.39. The number of imidazole rings is 1. The lowest BCUT2D eigenvalue weighted by atomic mass is 10.1. The van der Waals surface area contributed by atoms with Gasteiger partial charge in [-0.25, -0.2) is 4.98 Å². The highest BCUT2D eigenvalue weighted by Gasteiger charge is 2.35. The molecule has 1 fully saturated rings. The van der Waals surface area contributed by atoms with E-state index in [9.17, 15) is 0 Å². The van der Waals surface area contributed by atoms with Crippen LogP contribution in [0.25, 0.3) is 11.3 Å². The zero-order chi connectivity index (χ0) is 17.8. The summed E-state index contributed by atoms with van der Waals surface area (Å²) >= 11 is 9.00. The topological polar surface area (TPSA) is 41.1 Å². The van der Waals surface area contributed by atoms with E-state index in [1.807, 2.05) is 18.3 Å². The molecule has 2 heterocycles. The van der Waals surface area contributed by atoms with Crippen LogP contribution in [0.2, 0.25) is 0 Å². The monoisotopic (exact) mass is 421 g/mol. The predicted octanol–water partition coefficient (Wildman–Crippen LogP) is 5.32. The van der Waals surface area contributed by atoms with Gasteiger partial charge < -0.3 is 14.6 Å². The molecule has 25 heavy (non-hydrogen) atoms. The van der Waals surface area contributed by atoms with Crippen molar-refractivity contribution in [2.75, 3.05) is 13.2 Å². The number of thiocarbonyl (C=S) groups is 1. The van der Waals surface area contributed by atoms with E-state index in [4.69, 9.17) is 17.0 Å². The maximum atomic E-state index is 5.78. The largest absolute Gasteiger partial charge is 0.471 e. The van der Waals surface area contributed by atoms with Crippen molar-refractivity contribution in [3.8, 4) is 11.3 Å². The van der Waals surface area contributed by atoms with Gasteiger partial charge in [0, 0.05) is 11.0 Å². The van der Waals surface area contributed by atoms with Gasteiger partial charge in [-0.2, -0.15) is 0 Å². The van der Waals surface area contributed by atoms with Gasteiger partial charge in [0.05, 0.1) is 24.5 Å². The lowest BCUT2D eigenvalue weighted by Gasteiger charge is -2.25. The van der Waals surface area contributed by atoms with Crippen LogP contribution in [-0.4, -0.2) is 33.2 Å². The summed E-state index contributed by atoms with van der Waals surface area (Å²) in [5.74, 6) is 1.53. The van der Waals surface area contributed by atoms with E-state index in [1.165, 1.54) is 0 Å². The van der Waals surface area contributed by atoms with Crippen molar-refractivity contribution in [2.45, 2.75) is 39.2 Å². The number of H-pyrrole nitrogens is 1. The van der Waals surface area contributed by atoms with Crippen molar-refractivity contribution in [1.82, 2.24) is 14.9 Å². The van der Waals surface area contributed by atoms with Crippen LogP contribution in [0.3, 0.4) is 0 Å². The van der Waals surface area contributed by atoms with Crippen molar-refractivity contribution in [1.29, 1.82) is 0 Å². The molecule has 2 atom stereocenters. The molecule has 134 valence electrons. The third-order valence-corrected chi connectivity index (χ3v) is 5.42. The first-order valence-corrected chi connectivity index (χ1v) is 10.0. The Hall–Kier alpha value is -1.40. The number of nitrogens with zero attached hydrogens (tertiary/aromatic N) is 2. The van der Waals surface area contributed by atoms with Gasteiger partial charge in [0.1, 0.15) is 5.82 Å². The molecule has 0 bridgehead atoms. The van der Waals surface area contributed by atoms with E-state index in [1.54, 1.807) is 0 Å². The van der Waals surface area contributed by atoms with Crippen molar-refractivity contribution >= 4 is 33.3 Å². The van der Waals surface area contributed by atoms with Crippen molar-refractivity contribution in [2.24, 2.45) is 5.92 Å². The summed E-state index contributed by atoms with van der Waals surface area (Å²) < 4.78 is 6.85. The molecule has 0 unspecified atom stereocenters. The lowest BCUT2D eigenvalue weighted by Crippen LogP contribution is -2.32. The molecular weight excluding hydrogens is 398 g/mol. The van der Waals surface area contributed by atoms with Gasteiger partial charge in [-0.1, -0.05) is 48.3 Å². The van der Waals surface area contributed by atoms with E-state index in [-0.39, 0.29) is 6.04 Å². The molecule has 1 aliphatic heterocycles. The van der Waals surface area contributed by atoms with Crippen molar-refractivity contribution in [3.63, 3.8) is 0 Å². The molecule has 1 aromatic carbocycles. The highest BCUT2D eigenvalue weighted by atomic mass is 79.9. The van der Waals surface area contributed by atoms with Crippen LogP contribution < -0.4 is 0 Å². The van der Waals surface area contributed by atoms with Crippen LogP contribution in [0.5, 0.6) is 0 Å². The third-order valence-electron chi connectivity index (χ3n) is 4.53. The number of likely N-dealkylation sites (tertiary alicyclic amines) is 1. The van der Waals surface area contributed by atoms with Gasteiger partial charge in [0.25, 0.3) is 5.17 Å². The molecule has 2 aromatic rings. The van der Waals surface area contributed by atoms with E-state index in [0.29, 0.717) is 17.7 Å². The first-order valence-electron chi connectivity index (χ1n) is 8.82. The molecule has 6 heteroatoms. The van der Waals surface area contributed by atoms with Crippen LogP contribution in [0.4, 0.5) is 0 Å². The number of aromatic nitrogens is 2. The van der Waals surface area contributed by atoms with Gasteiger partial charge in [-0.05, 0) is 48.7 Å². The molecule has 0 aliphatic carbocycles. The molecule has 0 saturated carbocycles. The Balaban J connectivity index is 1.75. The number of aromatic amines is 1. The minimum absolute atomic E-state index is 0.160. The number of benzene rings is 1. The molecule has 1 N–H and O–H groups in total. The SMILES string of the molecule is CCCCOC(=S)N1C[C@@H](C)C[C@H]1c1ncc(-c2ccc(Br)cc2)[nH]1. The van der Waals surface area contributed by atoms with E-state index in [0.717, 1.165) is 47.4 Å². The average Bonchev–Trinajstić information content (AvgIpc) is 3.22. The fourth-order valence-electron chi connectivity index (χ4n) is 3.18. The molecule has 0 radical (unpaired) electrons. The number of halogens is 1. The second kappa shape index (κ2) is 8.32. The van der Waals surface area contributed by atoms with Gasteiger partial charge in [0.15, 0.2) is 0 Å². The predicted molar refractivity (Wildman–Crippen MR) is 108 cm³/mol. The van der Waals surface area contributed by atoms with Crippen LogP contribution in [0.15, 0.2) is 34.9 Å². The Kier molecular flexibility index (Phi) is 6.12. The van der Waals surface area contributed by atoms with Gasteiger partial charge in [0.2, 0.25) is 0 Å². The molecular formula is C19H24BrN3OS. The Morgan fingerprint density at radius 2 is 2.16 bits per heavy atom. The number of rotatable bonds is 5. The Labute approximate surface area is 163 Å². The Morgan fingerprint density at radius 1 is 1.40 bits per heavy atom. The van der Waals surface area contributed by atoms with Crippen LogP contribution in [-0.2, 0) is 4.74 Å². The van der Waals surface area contributed by atoms with Crippen molar-refractivity contribution < 1.29 is 4.74 Å². The number of hydrogen-bond acceptors (Lipinski definition) is 3. The fraction of sp³-hybridized carbons (Fsp3) is 0.474. The van der Waals surface area contributed by atoms with Gasteiger partial charge in [-0.15, -0.1) is 0 Å². The smallest absolute Gasteiger partial charge is 0.259 e. The normalized spacial score (nSPS) is 20.0. The number of unbranched alkanes of at least 4 members (excludes halogenated alkanes) is 1. The second-order valence-corrected chi connectivity index (χ2v) is 7.93. The zero-order valence-electron chi connectivity index (χ0n) is 14.7. The Bertz CT molecular complexity index is 716. The standard InChI is InChI=1S/C19H24BrN3OS/c1-3-4-9-24-19(25)23-12-13(2)10-17(23)18-21-11-16(22-18)14-5-7-15(20)8-6-14/h5-8,11,13,17H,3-4,9-10,12H2,1-2H3,(H,21,22)/t13-,17-/m0/s1. The summed E-state index contributed by atoms with van der Waals surface area (Å²) in [7, 11) is 0. The van der Waals surface area contributed by atoms with Crippen molar-refractivity contribution in [3.05, 3.63) is 40.8 Å². The van der Waals surface area contributed by atoms with Crippen LogP contribution in [0.1, 0.15) is 45.0 Å². The highest BCUT2D eigenvalue weighted by Crippen LogP contribution is 2.35. The summed E-state index contributed by atoms with van der Waals surface area (Å²) in [5, 5.41) is 0.601. The molecule has 1 saturated heterocycles. The van der Waals surface area contributed by atoms with E-state index < -0.39 is 0 Å².